The van der Waals surface area contributed by atoms with Gasteiger partial charge in [-0.3, -0.25) is 0 Å². The maximum absolute atomic E-state index is 7.88. The summed E-state index contributed by atoms with van der Waals surface area (Å²) in [5, 5.41) is 23.6. The second-order valence-corrected chi connectivity index (χ2v) is 2.17. The fourth-order valence-corrected chi connectivity index (χ4v) is 0. The van der Waals surface area contributed by atoms with Gasteiger partial charge in [0.25, 0.3) is 0 Å². The van der Waals surface area contributed by atoms with E-state index in [1.807, 2.05) is 20.8 Å². The van der Waals surface area contributed by atoms with Crippen molar-refractivity contribution in [2.45, 2.75) is 40.0 Å². The first-order chi connectivity index (χ1) is 5.74. The van der Waals surface area contributed by atoms with Gasteiger partial charge in [0.05, 0.1) is 0 Å². The van der Waals surface area contributed by atoms with E-state index in [-0.39, 0.29) is 26.4 Å². The third-order valence-corrected chi connectivity index (χ3v) is 0.671. The van der Waals surface area contributed by atoms with Crippen LogP contribution in [-0.2, 0) is 0 Å². The van der Waals surface area contributed by atoms with Gasteiger partial charge < -0.3 is 22.9 Å². The Morgan fingerprint density at radius 2 is 0.786 bits per heavy atom. The van der Waals surface area contributed by atoms with Crippen LogP contribution in [0.15, 0.2) is 0 Å². The van der Waals surface area contributed by atoms with Crippen LogP contribution in [0.2, 0.25) is 0 Å². The molecule has 0 saturated carbocycles. The minimum atomic E-state index is 0. The zero-order chi connectivity index (χ0) is 10.2. The molecule has 0 saturated heterocycles. The Kier molecular flexibility index (Phi) is 105. The van der Waals surface area contributed by atoms with Gasteiger partial charge in [-0.25, -0.2) is 0 Å². The Morgan fingerprint density at radius 1 is 0.714 bits per heavy atom. The molecule has 4 nitrogen and oxygen atoms in total. The zero-order valence-corrected chi connectivity index (χ0v) is 10.3. The summed E-state index contributed by atoms with van der Waals surface area (Å²) in [6, 6.07) is 0. The van der Waals surface area contributed by atoms with Crippen LogP contribution in [0.4, 0.5) is 0 Å². The van der Waals surface area contributed by atoms with Crippen molar-refractivity contribution in [3.63, 3.8) is 0 Å². The van der Waals surface area contributed by atoms with Gasteiger partial charge in [0.2, 0.25) is 0 Å². The molecule has 14 heavy (non-hydrogen) atoms. The molecular weight excluding hydrogens is 177 g/mol. The molecule has 0 spiro atoms. The fourth-order valence-electron chi connectivity index (χ4n) is 0. The van der Waals surface area contributed by atoms with Gasteiger partial charge in [-0.1, -0.05) is 20.8 Å². The number of hydrogen-bond donors (Lipinski definition) is 4. The van der Waals surface area contributed by atoms with Crippen molar-refractivity contribution < 1.29 is 35.6 Å². The maximum atomic E-state index is 7.88. The van der Waals surface area contributed by atoms with E-state index in [1.165, 1.54) is 0 Å². The normalized spacial score (nSPS) is 6.43. The topological polar surface area (TPSA) is 95.7 Å². The largest absolute Gasteiger partial charge is 1.00 e. The molecule has 0 aromatic carbocycles. The molecule has 0 aromatic heterocycles. The summed E-state index contributed by atoms with van der Waals surface area (Å²) in [7, 11) is 0. The van der Waals surface area contributed by atoms with Gasteiger partial charge in [0.1, 0.15) is 0 Å². The Hall–Kier alpha value is 0.437. The molecule has 0 aliphatic carbocycles. The molecule has 0 bridgehead atoms. The fraction of sp³-hybridized carbons (Fsp3) is 1.00. The second-order valence-electron chi connectivity index (χ2n) is 2.17. The molecule has 0 radical (unpaired) electrons. The van der Waals surface area contributed by atoms with Crippen LogP contribution in [-0.4, -0.2) is 35.1 Å². The summed E-state index contributed by atoms with van der Waals surface area (Å²) in [5.74, 6) is 0. The predicted molar refractivity (Wildman–Crippen MR) is 58.3 cm³/mol. The minimum Gasteiger partial charge on any atom is -1.00 e. The standard InChI is InChI=1S/3C3H8O.Li.H3N.H/c3*1-2-3-4;;;/h3*4H,2-3H2,1H3;;1H3;/q;;;+1;;-1. The van der Waals surface area contributed by atoms with E-state index in [0.717, 1.165) is 19.3 Å². The van der Waals surface area contributed by atoms with Crippen molar-refractivity contribution >= 4 is 0 Å². The molecule has 0 aliphatic heterocycles. The molecule has 0 aliphatic rings. The monoisotopic (exact) mass is 205 g/mol. The Bertz CT molecular complexity index is 40.8. The van der Waals surface area contributed by atoms with E-state index in [4.69, 9.17) is 15.3 Å². The Balaban J connectivity index is -0.0000000184. The summed E-state index contributed by atoms with van der Waals surface area (Å²) in [5.41, 5.74) is 0. The van der Waals surface area contributed by atoms with E-state index >= 15 is 0 Å². The number of rotatable bonds is 3. The molecule has 88 valence electrons. The SMILES string of the molecule is CCCO.CCCO.CCCO.N.[H-].[Li+]. The molecule has 0 aromatic rings. The average Bonchev–Trinajstić information content (AvgIpc) is 2.18. The van der Waals surface area contributed by atoms with E-state index in [1.54, 1.807) is 0 Å². The summed E-state index contributed by atoms with van der Waals surface area (Å²) < 4.78 is 0. The summed E-state index contributed by atoms with van der Waals surface area (Å²) in [6.07, 6.45) is 2.62. The number of hydrogen-bond acceptors (Lipinski definition) is 4. The summed E-state index contributed by atoms with van der Waals surface area (Å²) >= 11 is 0. The quantitative estimate of drug-likeness (QED) is 0.419. The van der Waals surface area contributed by atoms with Crippen molar-refractivity contribution in [3.8, 4) is 0 Å². The molecule has 5 heteroatoms. The van der Waals surface area contributed by atoms with Gasteiger partial charge in [-0.2, -0.15) is 0 Å². The zero-order valence-electron chi connectivity index (χ0n) is 11.3. The third-order valence-electron chi connectivity index (χ3n) is 0.671. The van der Waals surface area contributed by atoms with Gasteiger partial charge in [-0.15, -0.1) is 0 Å². The van der Waals surface area contributed by atoms with Gasteiger partial charge in [0.15, 0.2) is 0 Å². The van der Waals surface area contributed by atoms with Crippen molar-refractivity contribution in [1.82, 2.24) is 6.15 Å². The molecule has 0 unspecified atom stereocenters. The molecule has 0 rings (SSSR count). The summed E-state index contributed by atoms with van der Waals surface area (Å²) in [4.78, 5) is 0. The van der Waals surface area contributed by atoms with E-state index < -0.39 is 0 Å². The number of aliphatic hydroxyl groups excluding tert-OH is 3. The van der Waals surface area contributed by atoms with Crippen LogP contribution in [0.1, 0.15) is 41.5 Å². The van der Waals surface area contributed by atoms with Crippen LogP contribution in [0, 0.1) is 0 Å². The molecule has 0 amide bonds. The van der Waals surface area contributed by atoms with Crippen LogP contribution < -0.4 is 25.0 Å². The van der Waals surface area contributed by atoms with E-state index in [2.05, 4.69) is 0 Å². The number of aliphatic hydroxyl groups is 3. The first-order valence-corrected chi connectivity index (χ1v) is 4.57. The second kappa shape index (κ2) is 50.2. The van der Waals surface area contributed by atoms with Gasteiger partial charge in [-0.05, 0) is 19.3 Å². The van der Waals surface area contributed by atoms with E-state index in [0.29, 0.717) is 19.8 Å². The minimum absolute atomic E-state index is 0. The Morgan fingerprint density at radius 3 is 0.786 bits per heavy atom. The van der Waals surface area contributed by atoms with Gasteiger partial charge in [0, 0.05) is 19.8 Å². The predicted octanol–water partition coefficient (Wildman–Crippen LogP) is -1.56. The van der Waals surface area contributed by atoms with Crippen LogP contribution in [0.25, 0.3) is 0 Å². The van der Waals surface area contributed by atoms with Crippen LogP contribution >= 0.6 is 0 Å². The molecular formula is C9H28LiNO3. The van der Waals surface area contributed by atoms with Crippen molar-refractivity contribution in [1.29, 1.82) is 0 Å². The maximum Gasteiger partial charge on any atom is 1.00 e. The Labute approximate surface area is 102 Å². The molecule has 6 N–H and O–H groups in total. The third kappa shape index (κ3) is 138. The van der Waals surface area contributed by atoms with Crippen molar-refractivity contribution in [2.75, 3.05) is 19.8 Å². The summed E-state index contributed by atoms with van der Waals surface area (Å²) in [6.45, 7) is 6.75. The smallest absolute Gasteiger partial charge is 1.00 e. The van der Waals surface area contributed by atoms with Crippen molar-refractivity contribution in [2.24, 2.45) is 0 Å². The average molecular weight is 205 g/mol. The van der Waals surface area contributed by atoms with Crippen LogP contribution in [0.3, 0.4) is 0 Å². The molecule has 0 fully saturated rings. The van der Waals surface area contributed by atoms with Crippen molar-refractivity contribution in [3.05, 3.63) is 0 Å². The van der Waals surface area contributed by atoms with E-state index in [9.17, 15) is 0 Å². The molecule has 0 heterocycles. The van der Waals surface area contributed by atoms with Crippen LogP contribution in [0.5, 0.6) is 0 Å². The molecule has 0 atom stereocenters. The first-order valence-electron chi connectivity index (χ1n) is 4.57. The van der Waals surface area contributed by atoms with Gasteiger partial charge >= 0.3 is 18.9 Å². The first kappa shape index (κ1) is 29.3.